The molecule has 1 aliphatic rings. The van der Waals surface area contributed by atoms with Crippen LogP contribution in [0.2, 0.25) is 5.02 Å². The number of rotatable bonds is 7. The predicted octanol–water partition coefficient (Wildman–Crippen LogP) is 3.10. The lowest BCUT2D eigenvalue weighted by molar-refractivity contribution is -0.144. The van der Waals surface area contributed by atoms with Gasteiger partial charge in [0.25, 0.3) is 0 Å². The van der Waals surface area contributed by atoms with Crippen LogP contribution in [0.25, 0.3) is 0 Å². The summed E-state index contributed by atoms with van der Waals surface area (Å²) in [6, 6.07) is 9.44. The van der Waals surface area contributed by atoms with E-state index in [2.05, 4.69) is 9.80 Å². The summed E-state index contributed by atoms with van der Waals surface area (Å²) in [4.78, 5) is 15.6. The highest BCUT2D eigenvalue weighted by atomic mass is 35.5. The van der Waals surface area contributed by atoms with Crippen molar-refractivity contribution in [1.29, 1.82) is 0 Å². The van der Waals surface area contributed by atoms with Crippen LogP contribution in [0.4, 0.5) is 0 Å². The second kappa shape index (κ2) is 8.58. The van der Waals surface area contributed by atoms with E-state index < -0.39 is 12.1 Å². The highest BCUT2D eigenvalue weighted by Gasteiger charge is 2.19. The third-order valence-corrected chi connectivity index (χ3v) is 4.77. The molecule has 1 aliphatic heterocycles. The van der Waals surface area contributed by atoms with Crippen molar-refractivity contribution in [3.05, 3.63) is 52.9 Å². The van der Waals surface area contributed by atoms with Crippen LogP contribution in [-0.4, -0.2) is 53.2 Å². The Morgan fingerprint density at radius 1 is 1.23 bits per heavy atom. The van der Waals surface area contributed by atoms with Gasteiger partial charge in [-0.2, -0.15) is 0 Å². The smallest absolute Gasteiger partial charge is 0.344 e. The first kappa shape index (κ1) is 18.8. The van der Waals surface area contributed by atoms with Crippen LogP contribution in [0, 0.1) is 0 Å². The van der Waals surface area contributed by atoms with Gasteiger partial charge in [0.2, 0.25) is 0 Å². The molecule has 1 aromatic carbocycles. The molecule has 26 heavy (non-hydrogen) atoms. The number of carboxylic acids is 1. The summed E-state index contributed by atoms with van der Waals surface area (Å²) in [6.07, 6.45) is 0.778. The Morgan fingerprint density at radius 3 is 2.50 bits per heavy atom. The topological polar surface area (TPSA) is 66.2 Å². The molecule has 0 spiro atoms. The second-order valence-corrected chi connectivity index (χ2v) is 6.90. The summed E-state index contributed by atoms with van der Waals surface area (Å²) in [5.41, 5.74) is 1.09. The van der Waals surface area contributed by atoms with Crippen molar-refractivity contribution in [1.82, 2.24) is 9.80 Å². The molecule has 1 unspecified atom stereocenters. The van der Waals surface area contributed by atoms with Gasteiger partial charge in [-0.3, -0.25) is 9.80 Å². The Bertz CT molecular complexity index is 727. The first-order valence-corrected chi connectivity index (χ1v) is 9.04. The molecule has 140 valence electrons. The van der Waals surface area contributed by atoms with Gasteiger partial charge in [0, 0.05) is 32.7 Å². The van der Waals surface area contributed by atoms with E-state index in [4.69, 9.17) is 25.9 Å². The van der Waals surface area contributed by atoms with E-state index in [1.54, 1.807) is 12.3 Å². The second-order valence-electron chi connectivity index (χ2n) is 6.49. The standard InChI is InChI=1S/C19H23ClN2O4/c1-14(19(23)24)26-18-5-4-15(11-17(18)20)12-21-6-8-22(9-7-21)13-16-3-2-10-25-16/h2-5,10-11,14H,6-9,12-13H2,1H3,(H,23,24). The molecule has 6 nitrogen and oxygen atoms in total. The van der Waals surface area contributed by atoms with Crippen molar-refractivity contribution in [2.75, 3.05) is 26.2 Å². The van der Waals surface area contributed by atoms with E-state index in [9.17, 15) is 4.79 Å². The SMILES string of the molecule is CC(Oc1ccc(CN2CCN(Cc3ccco3)CC2)cc1Cl)C(=O)O. The van der Waals surface area contributed by atoms with Crippen LogP contribution >= 0.6 is 11.6 Å². The predicted molar refractivity (Wildman–Crippen MR) is 98.4 cm³/mol. The van der Waals surface area contributed by atoms with E-state index in [0.29, 0.717) is 10.8 Å². The summed E-state index contributed by atoms with van der Waals surface area (Å²) in [5.74, 6) is 0.377. The van der Waals surface area contributed by atoms with Gasteiger partial charge < -0.3 is 14.3 Å². The maximum Gasteiger partial charge on any atom is 0.344 e. The minimum atomic E-state index is -1.02. The van der Waals surface area contributed by atoms with Crippen LogP contribution in [0.15, 0.2) is 41.0 Å². The van der Waals surface area contributed by atoms with E-state index in [-0.39, 0.29) is 0 Å². The molecule has 1 N–H and O–H groups in total. The van der Waals surface area contributed by atoms with Gasteiger partial charge >= 0.3 is 5.97 Å². The molecule has 3 rings (SSSR count). The Hall–Kier alpha value is -2.02. The van der Waals surface area contributed by atoms with Gasteiger partial charge in [0.05, 0.1) is 17.8 Å². The summed E-state index contributed by atoms with van der Waals surface area (Å²) in [5, 5.41) is 9.36. The molecular formula is C19H23ClN2O4. The molecule has 1 aromatic heterocycles. The fourth-order valence-corrected chi connectivity index (χ4v) is 3.21. The lowest BCUT2D eigenvalue weighted by Crippen LogP contribution is -2.45. The normalized spacial score (nSPS) is 17.2. The maximum atomic E-state index is 10.9. The van der Waals surface area contributed by atoms with Gasteiger partial charge in [0.1, 0.15) is 11.5 Å². The number of aliphatic carboxylic acids is 1. The summed E-state index contributed by atoms with van der Waals surface area (Å²) in [7, 11) is 0. The molecule has 0 amide bonds. The van der Waals surface area contributed by atoms with E-state index in [1.165, 1.54) is 6.92 Å². The average Bonchev–Trinajstić information content (AvgIpc) is 3.12. The Balaban J connectivity index is 1.50. The molecule has 2 heterocycles. The molecule has 1 fully saturated rings. The number of ether oxygens (including phenoxy) is 1. The quantitative estimate of drug-likeness (QED) is 0.798. The Morgan fingerprint density at radius 2 is 1.92 bits per heavy atom. The van der Waals surface area contributed by atoms with Crippen molar-refractivity contribution in [3.8, 4) is 5.75 Å². The Kier molecular flexibility index (Phi) is 6.19. The van der Waals surface area contributed by atoms with E-state index in [0.717, 1.165) is 50.6 Å². The first-order valence-electron chi connectivity index (χ1n) is 8.66. The van der Waals surface area contributed by atoms with Crippen LogP contribution < -0.4 is 4.74 Å². The lowest BCUT2D eigenvalue weighted by Gasteiger charge is -2.34. The monoisotopic (exact) mass is 378 g/mol. The molecule has 1 atom stereocenters. The molecule has 0 saturated carbocycles. The Labute approximate surface area is 157 Å². The number of hydrogen-bond donors (Lipinski definition) is 1. The zero-order valence-electron chi connectivity index (χ0n) is 14.7. The number of carbonyl (C=O) groups is 1. The van der Waals surface area contributed by atoms with E-state index >= 15 is 0 Å². The number of carboxylic acid groups (broad SMARTS) is 1. The molecule has 0 aliphatic carbocycles. The van der Waals surface area contributed by atoms with E-state index in [1.807, 2.05) is 24.3 Å². The third kappa shape index (κ3) is 5.00. The molecule has 7 heteroatoms. The van der Waals surface area contributed by atoms with Gasteiger partial charge in [-0.15, -0.1) is 0 Å². The van der Waals surface area contributed by atoms with Crippen molar-refractivity contribution < 1.29 is 19.1 Å². The van der Waals surface area contributed by atoms with Crippen molar-refractivity contribution in [2.24, 2.45) is 0 Å². The summed E-state index contributed by atoms with van der Waals surface area (Å²) in [6.45, 7) is 7.08. The van der Waals surface area contributed by atoms with Gasteiger partial charge in [-0.05, 0) is 36.8 Å². The van der Waals surface area contributed by atoms with Crippen LogP contribution in [0.1, 0.15) is 18.2 Å². The number of nitrogens with zero attached hydrogens (tertiary/aromatic N) is 2. The van der Waals surface area contributed by atoms with Crippen LogP contribution in [-0.2, 0) is 17.9 Å². The van der Waals surface area contributed by atoms with Gasteiger partial charge in [0.15, 0.2) is 6.10 Å². The number of piperazine rings is 1. The fourth-order valence-electron chi connectivity index (χ4n) is 2.97. The molecule has 1 saturated heterocycles. The van der Waals surface area contributed by atoms with Crippen LogP contribution in [0.5, 0.6) is 5.75 Å². The lowest BCUT2D eigenvalue weighted by atomic mass is 10.2. The number of hydrogen-bond acceptors (Lipinski definition) is 5. The number of halogens is 1. The minimum absolute atomic E-state index is 0.397. The largest absolute Gasteiger partial charge is 0.479 e. The van der Waals surface area contributed by atoms with Gasteiger partial charge in [-0.1, -0.05) is 17.7 Å². The molecule has 0 bridgehead atoms. The van der Waals surface area contributed by atoms with Crippen molar-refractivity contribution in [2.45, 2.75) is 26.1 Å². The molecule has 0 radical (unpaired) electrons. The number of furan rings is 1. The minimum Gasteiger partial charge on any atom is -0.479 e. The zero-order chi connectivity index (χ0) is 18.5. The van der Waals surface area contributed by atoms with Crippen molar-refractivity contribution >= 4 is 17.6 Å². The summed E-state index contributed by atoms with van der Waals surface area (Å²) < 4.78 is 10.8. The molecule has 2 aromatic rings. The fraction of sp³-hybridized carbons (Fsp3) is 0.421. The molecular weight excluding hydrogens is 356 g/mol. The zero-order valence-corrected chi connectivity index (χ0v) is 15.5. The highest BCUT2D eigenvalue weighted by Crippen LogP contribution is 2.27. The third-order valence-electron chi connectivity index (χ3n) is 4.48. The average molecular weight is 379 g/mol. The first-order chi connectivity index (χ1) is 12.5. The van der Waals surface area contributed by atoms with Crippen LogP contribution in [0.3, 0.4) is 0 Å². The summed E-state index contributed by atoms with van der Waals surface area (Å²) >= 11 is 6.24. The van der Waals surface area contributed by atoms with Crippen molar-refractivity contribution in [3.63, 3.8) is 0 Å². The highest BCUT2D eigenvalue weighted by molar-refractivity contribution is 6.32. The number of benzene rings is 1. The van der Waals surface area contributed by atoms with Gasteiger partial charge in [-0.25, -0.2) is 4.79 Å². The maximum absolute atomic E-state index is 10.9.